The predicted octanol–water partition coefficient (Wildman–Crippen LogP) is 1.59. The summed E-state index contributed by atoms with van der Waals surface area (Å²) in [6.45, 7) is 0.513. The zero-order chi connectivity index (χ0) is 12.3. The number of anilines is 1. The van der Waals surface area contributed by atoms with Gasteiger partial charge in [0.15, 0.2) is 5.82 Å². The molecule has 1 aromatic carbocycles. The average Bonchev–Trinajstić information content (AvgIpc) is 2.74. The molecule has 90 valence electrons. The first-order valence-corrected chi connectivity index (χ1v) is 5.78. The van der Waals surface area contributed by atoms with Gasteiger partial charge in [-0.05, 0) is 33.3 Å². The summed E-state index contributed by atoms with van der Waals surface area (Å²) < 4.78 is 6.12. The summed E-state index contributed by atoms with van der Waals surface area (Å²) in [6.07, 6.45) is 0. The minimum absolute atomic E-state index is 0.513. The number of halogens is 1. The first-order chi connectivity index (χ1) is 8.19. The summed E-state index contributed by atoms with van der Waals surface area (Å²) in [5.41, 5.74) is 0.928. The molecule has 0 bridgehead atoms. The van der Waals surface area contributed by atoms with E-state index < -0.39 is 0 Å². The normalized spacial score (nSPS) is 10.3. The Kier molecular flexibility index (Phi) is 3.58. The fourth-order valence-corrected chi connectivity index (χ4v) is 1.72. The molecule has 1 heterocycles. The van der Waals surface area contributed by atoms with E-state index in [9.17, 15) is 0 Å². The number of aryl methyl sites for hydroxylation is 1. The Morgan fingerprint density at radius 2 is 2.29 bits per heavy atom. The summed E-state index contributed by atoms with van der Waals surface area (Å²) in [7, 11) is 3.37. The van der Waals surface area contributed by atoms with Crippen LogP contribution in [0.4, 0.5) is 5.69 Å². The number of ether oxygens (including phenoxy) is 1. The van der Waals surface area contributed by atoms with E-state index in [1.165, 1.54) is 4.80 Å². The van der Waals surface area contributed by atoms with Crippen LogP contribution in [0.15, 0.2) is 22.7 Å². The van der Waals surface area contributed by atoms with E-state index in [1.807, 2.05) is 18.2 Å². The fraction of sp³-hybridized carbons (Fsp3) is 0.300. The fourth-order valence-electron chi connectivity index (χ4n) is 1.34. The molecule has 0 saturated carbocycles. The van der Waals surface area contributed by atoms with Crippen LogP contribution in [0.1, 0.15) is 5.82 Å². The van der Waals surface area contributed by atoms with Crippen molar-refractivity contribution in [3.63, 3.8) is 0 Å². The number of benzene rings is 1. The van der Waals surface area contributed by atoms with Crippen LogP contribution in [0.3, 0.4) is 0 Å². The molecule has 1 aromatic heterocycles. The number of tetrazole rings is 1. The Bertz CT molecular complexity index is 513. The van der Waals surface area contributed by atoms with Crippen LogP contribution in [0.2, 0.25) is 0 Å². The third-order valence-corrected chi connectivity index (χ3v) is 2.85. The summed E-state index contributed by atoms with van der Waals surface area (Å²) in [5.74, 6) is 1.44. The lowest BCUT2D eigenvalue weighted by molar-refractivity contribution is 0.415. The number of methoxy groups -OCH3 is 1. The molecule has 2 rings (SSSR count). The Morgan fingerprint density at radius 1 is 1.47 bits per heavy atom. The van der Waals surface area contributed by atoms with E-state index in [1.54, 1.807) is 14.2 Å². The van der Waals surface area contributed by atoms with Crippen molar-refractivity contribution in [2.75, 3.05) is 12.4 Å². The number of aromatic nitrogens is 4. The van der Waals surface area contributed by atoms with Crippen LogP contribution in [0, 0.1) is 0 Å². The molecule has 2 aromatic rings. The molecule has 0 aliphatic rings. The van der Waals surface area contributed by atoms with Crippen molar-refractivity contribution in [3.8, 4) is 5.75 Å². The number of hydrogen-bond donors (Lipinski definition) is 1. The van der Waals surface area contributed by atoms with E-state index in [4.69, 9.17) is 4.74 Å². The van der Waals surface area contributed by atoms with E-state index in [2.05, 4.69) is 36.7 Å². The minimum Gasteiger partial charge on any atom is -0.497 e. The van der Waals surface area contributed by atoms with Crippen molar-refractivity contribution < 1.29 is 4.74 Å². The molecule has 0 saturated heterocycles. The van der Waals surface area contributed by atoms with E-state index in [0.29, 0.717) is 12.4 Å². The third kappa shape index (κ3) is 2.94. The van der Waals surface area contributed by atoms with Crippen molar-refractivity contribution in [1.82, 2.24) is 20.2 Å². The molecule has 0 spiro atoms. The molecule has 6 nitrogen and oxygen atoms in total. The van der Waals surface area contributed by atoms with Crippen LogP contribution < -0.4 is 10.1 Å². The summed E-state index contributed by atoms with van der Waals surface area (Å²) in [5, 5.41) is 15.0. The molecule has 0 amide bonds. The predicted molar refractivity (Wildman–Crippen MR) is 66.8 cm³/mol. The molecule has 0 unspecified atom stereocenters. The maximum absolute atomic E-state index is 5.16. The lowest BCUT2D eigenvalue weighted by Crippen LogP contribution is -2.03. The largest absolute Gasteiger partial charge is 0.497 e. The van der Waals surface area contributed by atoms with Gasteiger partial charge in [-0.15, -0.1) is 10.2 Å². The molecular formula is C10H12BrN5O. The first kappa shape index (κ1) is 11.8. The Morgan fingerprint density at radius 3 is 2.94 bits per heavy atom. The topological polar surface area (TPSA) is 64.9 Å². The van der Waals surface area contributed by atoms with Crippen molar-refractivity contribution in [2.45, 2.75) is 6.54 Å². The Labute approximate surface area is 107 Å². The van der Waals surface area contributed by atoms with Gasteiger partial charge in [-0.1, -0.05) is 0 Å². The molecule has 0 fully saturated rings. The number of rotatable bonds is 4. The molecule has 17 heavy (non-hydrogen) atoms. The smallest absolute Gasteiger partial charge is 0.193 e. The summed E-state index contributed by atoms with van der Waals surface area (Å²) in [6, 6.07) is 5.71. The van der Waals surface area contributed by atoms with Crippen LogP contribution in [0.25, 0.3) is 0 Å². The standard InChI is InChI=1S/C10H12BrN5O/c1-16-14-10(13-15-16)6-12-9-5-7(17-2)3-4-8(9)11/h3-5,12H,6H2,1-2H3. The van der Waals surface area contributed by atoms with Crippen molar-refractivity contribution in [3.05, 3.63) is 28.5 Å². The van der Waals surface area contributed by atoms with Gasteiger partial charge in [0.25, 0.3) is 0 Å². The monoisotopic (exact) mass is 297 g/mol. The maximum Gasteiger partial charge on any atom is 0.193 e. The second-order valence-electron chi connectivity index (χ2n) is 3.39. The SMILES string of the molecule is COc1ccc(Br)c(NCc2nnn(C)n2)c1. The van der Waals surface area contributed by atoms with E-state index in [-0.39, 0.29) is 0 Å². The number of nitrogens with zero attached hydrogens (tertiary/aromatic N) is 4. The number of nitrogens with one attached hydrogen (secondary N) is 1. The van der Waals surface area contributed by atoms with Gasteiger partial charge in [0.2, 0.25) is 0 Å². The number of hydrogen-bond acceptors (Lipinski definition) is 5. The summed E-state index contributed by atoms with van der Waals surface area (Å²) in [4.78, 5) is 1.43. The second-order valence-corrected chi connectivity index (χ2v) is 4.25. The molecule has 1 N–H and O–H groups in total. The zero-order valence-electron chi connectivity index (χ0n) is 9.51. The first-order valence-electron chi connectivity index (χ1n) is 4.99. The Hall–Kier alpha value is -1.63. The van der Waals surface area contributed by atoms with Gasteiger partial charge in [-0.3, -0.25) is 0 Å². The maximum atomic E-state index is 5.16. The minimum atomic E-state index is 0.513. The lowest BCUT2D eigenvalue weighted by Gasteiger charge is -2.08. The van der Waals surface area contributed by atoms with Gasteiger partial charge in [0, 0.05) is 10.5 Å². The quantitative estimate of drug-likeness (QED) is 0.928. The second kappa shape index (κ2) is 5.13. The van der Waals surface area contributed by atoms with Crippen LogP contribution in [-0.4, -0.2) is 27.3 Å². The highest BCUT2D eigenvalue weighted by Crippen LogP contribution is 2.27. The Balaban J connectivity index is 2.07. The van der Waals surface area contributed by atoms with Gasteiger partial charge >= 0.3 is 0 Å². The van der Waals surface area contributed by atoms with Gasteiger partial charge in [-0.25, -0.2) is 0 Å². The van der Waals surface area contributed by atoms with Gasteiger partial charge in [0.1, 0.15) is 5.75 Å². The highest BCUT2D eigenvalue weighted by atomic mass is 79.9. The van der Waals surface area contributed by atoms with Crippen LogP contribution in [-0.2, 0) is 13.6 Å². The molecule has 0 atom stereocenters. The average molecular weight is 298 g/mol. The third-order valence-electron chi connectivity index (χ3n) is 2.16. The van der Waals surface area contributed by atoms with Crippen LogP contribution in [0.5, 0.6) is 5.75 Å². The van der Waals surface area contributed by atoms with E-state index >= 15 is 0 Å². The molecule has 0 aliphatic heterocycles. The van der Waals surface area contributed by atoms with Gasteiger partial charge < -0.3 is 10.1 Å². The highest BCUT2D eigenvalue weighted by Gasteiger charge is 2.04. The molecule has 0 radical (unpaired) electrons. The molecule has 0 aliphatic carbocycles. The van der Waals surface area contributed by atoms with Crippen molar-refractivity contribution in [2.24, 2.45) is 7.05 Å². The summed E-state index contributed by atoms with van der Waals surface area (Å²) >= 11 is 3.46. The zero-order valence-corrected chi connectivity index (χ0v) is 11.1. The van der Waals surface area contributed by atoms with Crippen molar-refractivity contribution >= 4 is 21.6 Å². The molecular weight excluding hydrogens is 286 g/mol. The van der Waals surface area contributed by atoms with Crippen LogP contribution >= 0.6 is 15.9 Å². The van der Waals surface area contributed by atoms with E-state index in [0.717, 1.165) is 15.9 Å². The van der Waals surface area contributed by atoms with Gasteiger partial charge in [-0.2, -0.15) is 4.80 Å². The molecule has 7 heteroatoms. The van der Waals surface area contributed by atoms with Gasteiger partial charge in [0.05, 0.1) is 26.4 Å². The lowest BCUT2D eigenvalue weighted by atomic mass is 10.3. The van der Waals surface area contributed by atoms with Crippen molar-refractivity contribution in [1.29, 1.82) is 0 Å². The highest BCUT2D eigenvalue weighted by molar-refractivity contribution is 9.10.